The monoisotopic (exact) mass is 256 g/mol. The van der Waals surface area contributed by atoms with E-state index in [1.807, 2.05) is 0 Å². The molecule has 3 aliphatic rings. The first kappa shape index (κ1) is 12.3. The minimum Gasteiger partial charge on any atom is -0.374 e. The first-order valence-corrected chi connectivity index (χ1v) is 8.14. The number of hydrogen-bond donors (Lipinski definition) is 1. The molecule has 3 nitrogen and oxygen atoms in total. The summed E-state index contributed by atoms with van der Waals surface area (Å²) in [7, 11) is 0. The Morgan fingerprint density at radius 2 is 2.06 bits per heavy atom. The van der Waals surface area contributed by atoms with Gasteiger partial charge in [0.2, 0.25) is 0 Å². The molecule has 0 bridgehead atoms. The van der Waals surface area contributed by atoms with Gasteiger partial charge in [-0.3, -0.25) is 0 Å². The zero-order valence-corrected chi connectivity index (χ0v) is 11.4. The van der Waals surface area contributed by atoms with Crippen LogP contribution < -0.4 is 5.73 Å². The Morgan fingerprint density at radius 1 is 1.24 bits per heavy atom. The van der Waals surface area contributed by atoms with Crippen LogP contribution in [-0.2, 0) is 4.74 Å². The standard InChI is InChI=1S/C13H24N2OS/c14-11-1-5-15(6-2-11)12-3-7-16-13(9-12)4-8-17-10-13/h11-12H,1-10,14H2. The average Bonchev–Trinajstić information content (AvgIpc) is 2.78. The van der Waals surface area contributed by atoms with E-state index in [4.69, 9.17) is 10.5 Å². The predicted molar refractivity (Wildman–Crippen MR) is 72.4 cm³/mol. The van der Waals surface area contributed by atoms with Crippen molar-refractivity contribution in [1.82, 2.24) is 4.90 Å². The molecule has 2 atom stereocenters. The summed E-state index contributed by atoms with van der Waals surface area (Å²) < 4.78 is 6.10. The van der Waals surface area contributed by atoms with Gasteiger partial charge in [0, 0.05) is 24.4 Å². The highest BCUT2D eigenvalue weighted by molar-refractivity contribution is 7.99. The number of nitrogens with two attached hydrogens (primary N) is 1. The van der Waals surface area contributed by atoms with Crippen molar-refractivity contribution in [3.63, 3.8) is 0 Å². The van der Waals surface area contributed by atoms with E-state index in [1.54, 1.807) is 0 Å². The Balaban J connectivity index is 1.60. The van der Waals surface area contributed by atoms with E-state index in [0.29, 0.717) is 6.04 Å². The van der Waals surface area contributed by atoms with E-state index >= 15 is 0 Å². The van der Waals surface area contributed by atoms with Gasteiger partial charge in [-0.2, -0.15) is 11.8 Å². The van der Waals surface area contributed by atoms with Crippen molar-refractivity contribution in [3.8, 4) is 0 Å². The molecule has 0 radical (unpaired) electrons. The van der Waals surface area contributed by atoms with Crippen molar-refractivity contribution < 1.29 is 4.74 Å². The molecule has 0 saturated carbocycles. The second-order valence-electron chi connectivity index (χ2n) is 5.85. The number of thioether (sulfide) groups is 1. The van der Waals surface area contributed by atoms with Crippen LogP contribution in [0.4, 0.5) is 0 Å². The summed E-state index contributed by atoms with van der Waals surface area (Å²) in [5.41, 5.74) is 6.22. The molecule has 17 heavy (non-hydrogen) atoms. The highest BCUT2D eigenvalue weighted by atomic mass is 32.2. The van der Waals surface area contributed by atoms with Crippen molar-refractivity contribution in [2.45, 2.75) is 49.8 Å². The zero-order chi connectivity index (χ0) is 11.7. The fraction of sp³-hybridized carbons (Fsp3) is 1.00. The maximum absolute atomic E-state index is 6.10. The number of rotatable bonds is 1. The van der Waals surface area contributed by atoms with Crippen LogP contribution in [0, 0.1) is 0 Å². The van der Waals surface area contributed by atoms with Gasteiger partial charge in [0.25, 0.3) is 0 Å². The lowest BCUT2D eigenvalue weighted by Crippen LogP contribution is -2.52. The van der Waals surface area contributed by atoms with Gasteiger partial charge in [0.1, 0.15) is 0 Å². The molecule has 0 aromatic rings. The predicted octanol–water partition coefficient (Wildman–Crippen LogP) is 1.46. The molecule has 3 aliphatic heterocycles. The zero-order valence-electron chi connectivity index (χ0n) is 10.6. The number of ether oxygens (including phenoxy) is 1. The number of hydrogen-bond acceptors (Lipinski definition) is 4. The van der Waals surface area contributed by atoms with Gasteiger partial charge in [-0.1, -0.05) is 0 Å². The minimum atomic E-state index is 0.229. The number of nitrogens with zero attached hydrogens (tertiary/aromatic N) is 1. The Hall–Kier alpha value is 0.230. The quantitative estimate of drug-likeness (QED) is 0.771. The topological polar surface area (TPSA) is 38.5 Å². The minimum absolute atomic E-state index is 0.229. The second kappa shape index (κ2) is 5.08. The molecule has 4 heteroatoms. The van der Waals surface area contributed by atoms with E-state index in [0.717, 1.165) is 12.6 Å². The fourth-order valence-corrected chi connectivity index (χ4v) is 4.84. The van der Waals surface area contributed by atoms with E-state index in [2.05, 4.69) is 16.7 Å². The molecule has 3 saturated heterocycles. The molecule has 1 spiro atoms. The van der Waals surface area contributed by atoms with E-state index in [9.17, 15) is 0 Å². The fourth-order valence-electron chi connectivity index (χ4n) is 3.46. The van der Waals surface area contributed by atoms with Crippen LogP contribution in [0.25, 0.3) is 0 Å². The molecule has 2 unspecified atom stereocenters. The summed E-state index contributed by atoms with van der Waals surface area (Å²) in [5.74, 6) is 2.51. The number of likely N-dealkylation sites (tertiary alicyclic amines) is 1. The summed E-state index contributed by atoms with van der Waals surface area (Å²) in [6.45, 7) is 3.37. The lowest BCUT2D eigenvalue weighted by atomic mass is 9.88. The third kappa shape index (κ3) is 2.65. The maximum atomic E-state index is 6.10. The van der Waals surface area contributed by atoms with Crippen molar-refractivity contribution in [1.29, 1.82) is 0 Å². The van der Waals surface area contributed by atoms with Crippen molar-refractivity contribution in [3.05, 3.63) is 0 Å². The van der Waals surface area contributed by atoms with E-state index < -0.39 is 0 Å². The Bertz CT molecular complexity index is 260. The van der Waals surface area contributed by atoms with Gasteiger partial charge in [-0.15, -0.1) is 0 Å². The second-order valence-corrected chi connectivity index (χ2v) is 6.96. The highest BCUT2D eigenvalue weighted by Crippen LogP contribution is 2.39. The van der Waals surface area contributed by atoms with Crippen molar-refractivity contribution in [2.24, 2.45) is 5.73 Å². The SMILES string of the molecule is NC1CCN(C2CCOC3(CCSC3)C2)CC1. The number of piperidine rings is 1. The van der Waals surface area contributed by atoms with Gasteiger partial charge in [0.15, 0.2) is 0 Å². The van der Waals surface area contributed by atoms with Gasteiger partial charge < -0.3 is 15.4 Å². The molecule has 2 N–H and O–H groups in total. The maximum Gasteiger partial charge on any atom is 0.0795 e. The molecule has 3 heterocycles. The molecule has 98 valence electrons. The van der Waals surface area contributed by atoms with Crippen molar-refractivity contribution in [2.75, 3.05) is 31.2 Å². The van der Waals surface area contributed by atoms with Crippen LogP contribution in [-0.4, -0.2) is 53.8 Å². The van der Waals surface area contributed by atoms with Crippen LogP contribution in [0.5, 0.6) is 0 Å². The lowest BCUT2D eigenvalue weighted by Gasteiger charge is -2.44. The van der Waals surface area contributed by atoms with E-state index in [1.165, 1.54) is 56.7 Å². The lowest BCUT2D eigenvalue weighted by molar-refractivity contribution is -0.0918. The van der Waals surface area contributed by atoms with Crippen molar-refractivity contribution >= 4 is 11.8 Å². The van der Waals surface area contributed by atoms with Crippen LogP contribution >= 0.6 is 11.8 Å². The molecule has 0 amide bonds. The molecule has 0 aromatic heterocycles. The smallest absolute Gasteiger partial charge is 0.0795 e. The van der Waals surface area contributed by atoms with Crippen LogP contribution in [0.15, 0.2) is 0 Å². The van der Waals surface area contributed by atoms with Gasteiger partial charge in [0.05, 0.1) is 5.60 Å². The van der Waals surface area contributed by atoms with Gasteiger partial charge in [-0.25, -0.2) is 0 Å². The molecule has 0 aliphatic carbocycles. The summed E-state index contributed by atoms with van der Waals surface area (Å²) in [6.07, 6.45) is 6.11. The average molecular weight is 256 g/mol. The first-order chi connectivity index (χ1) is 8.27. The first-order valence-electron chi connectivity index (χ1n) is 6.99. The largest absolute Gasteiger partial charge is 0.374 e. The van der Waals surface area contributed by atoms with E-state index in [-0.39, 0.29) is 5.60 Å². The normalized spacial score (nSPS) is 41.1. The summed E-state index contributed by atoms with van der Waals surface area (Å²) in [5, 5.41) is 0. The molecular formula is C13H24N2OS. The Labute approximate surface area is 108 Å². The summed E-state index contributed by atoms with van der Waals surface area (Å²) in [6, 6.07) is 1.21. The molecule has 3 rings (SSSR count). The molecule has 0 aromatic carbocycles. The third-order valence-corrected chi connectivity index (χ3v) is 5.85. The van der Waals surface area contributed by atoms with Gasteiger partial charge in [-0.05, 0) is 50.9 Å². The molecular weight excluding hydrogens is 232 g/mol. The summed E-state index contributed by atoms with van der Waals surface area (Å²) >= 11 is 2.07. The van der Waals surface area contributed by atoms with Gasteiger partial charge >= 0.3 is 0 Å². The highest BCUT2D eigenvalue weighted by Gasteiger charge is 2.42. The Kier molecular flexibility index (Phi) is 3.67. The Morgan fingerprint density at radius 3 is 2.76 bits per heavy atom. The third-order valence-electron chi connectivity index (χ3n) is 4.62. The van der Waals surface area contributed by atoms with Crippen LogP contribution in [0.2, 0.25) is 0 Å². The van der Waals surface area contributed by atoms with Crippen LogP contribution in [0.3, 0.4) is 0 Å². The van der Waals surface area contributed by atoms with Crippen LogP contribution in [0.1, 0.15) is 32.1 Å². The molecule has 3 fully saturated rings. The summed E-state index contributed by atoms with van der Waals surface area (Å²) in [4.78, 5) is 2.68.